The number of hydrogen-bond donors (Lipinski definition) is 1. The van der Waals surface area contributed by atoms with Gasteiger partial charge in [0.15, 0.2) is 0 Å². The summed E-state index contributed by atoms with van der Waals surface area (Å²) in [7, 11) is 2.20. The lowest BCUT2D eigenvalue weighted by Crippen LogP contribution is -2.38. The zero-order valence-corrected chi connectivity index (χ0v) is 14.0. The molecule has 0 spiro atoms. The number of aryl methyl sites for hydroxylation is 1. The van der Waals surface area contributed by atoms with Gasteiger partial charge in [0.25, 0.3) is 0 Å². The van der Waals surface area contributed by atoms with Crippen molar-refractivity contribution in [2.24, 2.45) is 5.92 Å². The van der Waals surface area contributed by atoms with Crippen LogP contribution >= 0.6 is 0 Å². The van der Waals surface area contributed by atoms with Crippen LogP contribution in [0.15, 0.2) is 18.9 Å². The number of allylic oxidation sites excluding steroid dienone is 1. The Kier molecular flexibility index (Phi) is 6.61. The Bertz CT molecular complexity index is 463. The van der Waals surface area contributed by atoms with Crippen LogP contribution in [0.4, 0.5) is 0 Å². The number of aliphatic hydroxyl groups excluding tert-OH is 1. The van der Waals surface area contributed by atoms with E-state index in [1.54, 1.807) is 0 Å². The van der Waals surface area contributed by atoms with Gasteiger partial charge in [-0.05, 0) is 45.8 Å². The zero-order valence-electron chi connectivity index (χ0n) is 14.0. The molecule has 1 aromatic heterocycles. The molecule has 0 saturated carbocycles. The third-order valence-electron chi connectivity index (χ3n) is 4.50. The highest BCUT2D eigenvalue weighted by Gasteiger charge is 2.20. The predicted molar refractivity (Wildman–Crippen MR) is 89.7 cm³/mol. The molecule has 0 atom stereocenters. The molecule has 0 aromatic carbocycles. The second-order valence-electron chi connectivity index (χ2n) is 6.46. The van der Waals surface area contributed by atoms with Gasteiger partial charge in [-0.15, -0.1) is 6.58 Å². The lowest BCUT2D eigenvalue weighted by atomic mass is 9.96. The van der Waals surface area contributed by atoms with Crippen LogP contribution in [0, 0.1) is 12.8 Å². The number of aliphatic hydroxyl groups is 1. The van der Waals surface area contributed by atoms with E-state index in [-0.39, 0.29) is 6.61 Å². The maximum Gasteiger partial charge on any atom is 0.0638 e. The van der Waals surface area contributed by atoms with Crippen LogP contribution < -0.4 is 0 Å². The smallest absolute Gasteiger partial charge is 0.0638 e. The number of β-amino-alcohol motifs (C(OH)–C–C–N with tert-alkyl or cyclic N) is 1. The molecule has 1 saturated heterocycles. The van der Waals surface area contributed by atoms with Crippen molar-refractivity contribution in [1.82, 2.24) is 19.6 Å². The van der Waals surface area contributed by atoms with E-state index in [9.17, 15) is 0 Å². The number of piperidine rings is 1. The van der Waals surface area contributed by atoms with Crippen LogP contribution in [0.5, 0.6) is 0 Å². The molecule has 22 heavy (non-hydrogen) atoms. The number of nitrogens with zero attached hydrogens (tertiary/aromatic N) is 4. The highest BCUT2D eigenvalue weighted by molar-refractivity contribution is 5.15. The fourth-order valence-corrected chi connectivity index (χ4v) is 3.27. The summed E-state index contributed by atoms with van der Waals surface area (Å²) >= 11 is 0. The van der Waals surface area contributed by atoms with E-state index in [0.29, 0.717) is 0 Å². The highest BCUT2D eigenvalue weighted by Crippen LogP contribution is 2.19. The average molecular weight is 306 g/mol. The van der Waals surface area contributed by atoms with Crippen molar-refractivity contribution < 1.29 is 5.11 Å². The van der Waals surface area contributed by atoms with Crippen molar-refractivity contribution in [1.29, 1.82) is 0 Å². The molecule has 0 unspecified atom stereocenters. The predicted octanol–water partition coefficient (Wildman–Crippen LogP) is 1.51. The summed E-state index contributed by atoms with van der Waals surface area (Å²) in [5.74, 6) is 0.767. The maximum absolute atomic E-state index is 9.00. The summed E-state index contributed by atoms with van der Waals surface area (Å²) in [6.07, 6.45) is 6.48. The van der Waals surface area contributed by atoms with E-state index in [4.69, 9.17) is 5.11 Å². The summed E-state index contributed by atoms with van der Waals surface area (Å²) < 4.78 is 1.96. The first-order valence-electron chi connectivity index (χ1n) is 8.28. The van der Waals surface area contributed by atoms with E-state index in [1.807, 2.05) is 10.8 Å². The molecule has 1 aromatic rings. The fourth-order valence-electron chi connectivity index (χ4n) is 3.27. The molecular weight excluding hydrogens is 276 g/mol. The molecule has 5 nitrogen and oxygen atoms in total. The first kappa shape index (κ1) is 17.2. The third kappa shape index (κ3) is 4.93. The quantitative estimate of drug-likeness (QED) is 0.740. The monoisotopic (exact) mass is 306 g/mol. The van der Waals surface area contributed by atoms with Crippen molar-refractivity contribution in [2.75, 3.05) is 39.8 Å². The maximum atomic E-state index is 9.00. The molecule has 5 heteroatoms. The Morgan fingerprint density at radius 3 is 2.82 bits per heavy atom. The molecule has 0 radical (unpaired) electrons. The van der Waals surface area contributed by atoms with E-state index < -0.39 is 0 Å². The minimum absolute atomic E-state index is 0.276. The molecule has 1 aliphatic heterocycles. The molecule has 0 aliphatic carbocycles. The summed E-state index contributed by atoms with van der Waals surface area (Å²) in [5.41, 5.74) is 2.42. The summed E-state index contributed by atoms with van der Waals surface area (Å²) in [4.78, 5) is 4.77. The van der Waals surface area contributed by atoms with Gasteiger partial charge in [0.05, 0.1) is 18.8 Å². The SMILES string of the molecule is C=CCn1cc(CN(C)CC2CCN(CCO)CC2)c(C)n1. The Labute approximate surface area is 134 Å². The van der Waals surface area contributed by atoms with E-state index in [0.717, 1.165) is 50.9 Å². The zero-order chi connectivity index (χ0) is 15.9. The summed E-state index contributed by atoms with van der Waals surface area (Å²) in [6, 6.07) is 0. The molecular formula is C17H30N4O. The molecule has 2 rings (SSSR count). The second kappa shape index (κ2) is 8.46. The van der Waals surface area contributed by atoms with Crippen molar-refractivity contribution in [3.63, 3.8) is 0 Å². The number of likely N-dealkylation sites (tertiary alicyclic amines) is 1. The van der Waals surface area contributed by atoms with Crippen LogP contribution in [0.3, 0.4) is 0 Å². The second-order valence-corrected chi connectivity index (χ2v) is 6.46. The fraction of sp³-hybridized carbons (Fsp3) is 0.706. The molecule has 0 amide bonds. The van der Waals surface area contributed by atoms with Crippen molar-refractivity contribution >= 4 is 0 Å². The van der Waals surface area contributed by atoms with Crippen molar-refractivity contribution in [3.05, 3.63) is 30.1 Å². The van der Waals surface area contributed by atoms with Crippen molar-refractivity contribution in [2.45, 2.75) is 32.9 Å². The van der Waals surface area contributed by atoms with Gasteiger partial charge in [-0.1, -0.05) is 6.08 Å². The van der Waals surface area contributed by atoms with Crippen LogP contribution in [0.1, 0.15) is 24.1 Å². The van der Waals surface area contributed by atoms with Crippen LogP contribution in [-0.4, -0.2) is 64.5 Å². The third-order valence-corrected chi connectivity index (χ3v) is 4.50. The van der Waals surface area contributed by atoms with Gasteiger partial charge in [-0.3, -0.25) is 4.68 Å². The molecule has 1 aliphatic rings. The van der Waals surface area contributed by atoms with Gasteiger partial charge in [-0.2, -0.15) is 5.10 Å². The molecule has 124 valence electrons. The van der Waals surface area contributed by atoms with E-state index >= 15 is 0 Å². The number of aromatic nitrogens is 2. The topological polar surface area (TPSA) is 44.5 Å². The normalized spacial score (nSPS) is 17.3. The van der Waals surface area contributed by atoms with Gasteiger partial charge in [0.1, 0.15) is 0 Å². The number of hydrogen-bond acceptors (Lipinski definition) is 4. The van der Waals surface area contributed by atoms with Gasteiger partial charge in [-0.25, -0.2) is 0 Å². The summed E-state index contributed by atoms with van der Waals surface area (Å²) in [6.45, 7) is 12.0. The van der Waals surface area contributed by atoms with Crippen LogP contribution in [0.25, 0.3) is 0 Å². The van der Waals surface area contributed by atoms with Gasteiger partial charge < -0.3 is 14.9 Å². The first-order chi connectivity index (χ1) is 10.6. The lowest BCUT2D eigenvalue weighted by Gasteiger charge is -2.33. The van der Waals surface area contributed by atoms with E-state index in [1.165, 1.54) is 18.4 Å². The van der Waals surface area contributed by atoms with E-state index in [2.05, 4.69) is 41.6 Å². The first-order valence-corrected chi connectivity index (χ1v) is 8.28. The summed E-state index contributed by atoms with van der Waals surface area (Å²) in [5, 5.41) is 13.5. The minimum Gasteiger partial charge on any atom is -0.395 e. The lowest BCUT2D eigenvalue weighted by molar-refractivity contribution is 0.129. The Morgan fingerprint density at radius 1 is 1.45 bits per heavy atom. The molecule has 1 N–H and O–H groups in total. The highest BCUT2D eigenvalue weighted by atomic mass is 16.3. The minimum atomic E-state index is 0.276. The largest absolute Gasteiger partial charge is 0.395 e. The van der Waals surface area contributed by atoms with Gasteiger partial charge >= 0.3 is 0 Å². The van der Waals surface area contributed by atoms with Crippen LogP contribution in [-0.2, 0) is 13.1 Å². The number of rotatable bonds is 8. The Hall–Kier alpha value is -1.17. The Morgan fingerprint density at radius 2 is 2.18 bits per heavy atom. The Balaban J connectivity index is 1.78. The van der Waals surface area contributed by atoms with Crippen molar-refractivity contribution in [3.8, 4) is 0 Å². The average Bonchev–Trinajstić information content (AvgIpc) is 2.81. The van der Waals surface area contributed by atoms with Gasteiger partial charge in [0.2, 0.25) is 0 Å². The van der Waals surface area contributed by atoms with Gasteiger partial charge in [0, 0.05) is 31.4 Å². The molecule has 0 bridgehead atoms. The van der Waals surface area contributed by atoms with Crippen LogP contribution in [0.2, 0.25) is 0 Å². The molecule has 2 heterocycles. The standard InChI is InChI=1S/C17H30N4O/c1-4-7-21-14-17(15(2)18-21)13-19(3)12-16-5-8-20(9-6-16)10-11-22/h4,14,16,22H,1,5-13H2,2-3H3. The molecule has 1 fully saturated rings.